The minimum atomic E-state index is 0.0673. The summed E-state index contributed by atoms with van der Waals surface area (Å²) in [5, 5.41) is 13.6. The van der Waals surface area contributed by atoms with Crippen LogP contribution in [0.25, 0.3) is 21.5 Å². The average molecular weight is 406 g/mol. The van der Waals surface area contributed by atoms with E-state index in [0.717, 1.165) is 27.8 Å². The Bertz CT molecular complexity index is 1080. The number of hydrogen-bond acceptors (Lipinski definition) is 5. The lowest BCUT2D eigenvalue weighted by atomic mass is 10.1. The van der Waals surface area contributed by atoms with Crippen LogP contribution in [-0.4, -0.2) is 32.9 Å². The molecule has 4 aromatic rings. The van der Waals surface area contributed by atoms with Crippen LogP contribution < -0.4 is 9.47 Å². The Morgan fingerprint density at radius 2 is 1.10 bits per heavy atom. The molecule has 0 aliphatic rings. The van der Waals surface area contributed by atoms with E-state index >= 15 is 0 Å². The van der Waals surface area contributed by atoms with E-state index in [0.29, 0.717) is 6.79 Å². The summed E-state index contributed by atoms with van der Waals surface area (Å²) < 4.78 is 20.4. The van der Waals surface area contributed by atoms with Crippen LogP contribution in [0.15, 0.2) is 78.9 Å². The van der Waals surface area contributed by atoms with Gasteiger partial charge in [-0.2, -0.15) is 0 Å². The monoisotopic (exact) mass is 406 g/mol. The molecule has 1 N–H and O–H groups in total. The summed E-state index contributed by atoms with van der Waals surface area (Å²) in [5.41, 5.74) is 0.915. The smallest absolute Gasteiger partial charge is 0.188 e. The second kappa shape index (κ2) is 11.2. The van der Waals surface area contributed by atoms with Gasteiger partial charge in [-0.25, -0.2) is 0 Å². The Labute approximate surface area is 176 Å². The van der Waals surface area contributed by atoms with Crippen LogP contribution >= 0.6 is 0 Å². The first-order chi connectivity index (χ1) is 14.7. The zero-order chi connectivity index (χ0) is 21.2. The highest BCUT2D eigenvalue weighted by molar-refractivity contribution is 5.84. The van der Waals surface area contributed by atoms with Crippen molar-refractivity contribution in [3.8, 4) is 11.5 Å². The van der Waals surface area contributed by atoms with E-state index in [-0.39, 0.29) is 13.4 Å². The average Bonchev–Trinajstić information content (AvgIpc) is 2.81. The van der Waals surface area contributed by atoms with Crippen LogP contribution in [0.4, 0.5) is 0 Å². The summed E-state index contributed by atoms with van der Waals surface area (Å²) >= 11 is 0. The van der Waals surface area contributed by atoms with Crippen molar-refractivity contribution in [2.75, 3.05) is 27.8 Å². The third kappa shape index (κ3) is 5.94. The second-order valence-corrected chi connectivity index (χ2v) is 6.61. The number of benzene rings is 4. The van der Waals surface area contributed by atoms with Gasteiger partial charge in [-0.1, -0.05) is 48.5 Å². The summed E-state index contributed by atoms with van der Waals surface area (Å²) in [4.78, 5) is 0. The van der Waals surface area contributed by atoms with E-state index in [1.54, 1.807) is 14.2 Å². The zero-order valence-electron chi connectivity index (χ0n) is 17.2. The molecule has 0 aliphatic heterocycles. The van der Waals surface area contributed by atoms with Gasteiger partial charge in [0.15, 0.2) is 13.6 Å². The number of hydrogen-bond donors (Lipinski definition) is 1. The molecule has 0 aromatic heterocycles. The third-order valence-corrected chi connectivity index (χ3v) is 4.47. The van der Waals surface area contributed by atoms with Crippen molar-refractivity contribution in [3.63, 3.8) is 0 Å². The predicted octanol–water partition coefficient (Wildman–Crippen LogP) is 5.14. The molecule has 0 unspecified atom stereocenters. The Kier molecular flexibility index (Phi) is 8.03. The molecule has 156 valence electrons. The number of rotatable bonds is 7. The van der Waals surface area contributed by atoms with Gasteiger partial charge in [-0.05, 0) is 57.4 Å². The van der Waals surface area contributed by atoms with Gasteiger partial charge >= 0.3 is 0 Å². The summed E-state index contributed by atoms with van der Waals surface area (Å²) in [6.45, 7) is 0.608. The number of aliphatic hydroxyl groups excluding tert-OH is 1. The van der Waals surface area contributed by atoms with E-state index in [2.05, 4.69) is 12.1 Å². The number of aliphatic hydroxyl groups is 1. The van der Waals surface area contributed by atoms with Crippen LogP contribution in [0.1, 0.15) is 5.56 Å². The van der Waals surface area contributed by atoms with Crippen molar-refractivity contribution < 1.29 is 24.1 Å². The third-order valence-electron chi connectivity index (χ3n) is 4.47. The number of methoxy groups -OCH3 is 2. The molecule has 5 nitrogen and oxygen atoms in total. The molecule has 0 bridgehead atoms. The highest BCUT2D eigenvalue weighted by Crippen LogP contribution is 2.22. The largest absolute Gasteiger partial charge is 0.468 e. The molecular weight excluding hydrogens is 380 g/mol. The lowest BCUT2D eigenvalue weighted by molar-refractivity contribution is 0.0510. The molecule has 30 heavy (non-hydrogen) atoms. The van der Waals surface area contributed by atoms with Crippen molar-refractivity contribution in [1.29, 1.82) is 0 Å². The van der Waals surface area contributed by atoms with Gasteiger partial charge in [0.05, 0.1) is 6.61 Å². The molecule has 0 saturated carbocycles. The fraction of sp³-hybridized carbons (Fsp3) is 0.200. The van der Waals surface area contributed by atoms with Crippen molar-refractivity contribution >= 4 is 21.5 Å². The van der Waals surface area contributed by atoms with Crippen molar-refractivity contribution in [3.05, 3.63) is 84.4 Å². The molecule has 0 saturated heterocycles. The summed E-state index contributed by atoms with van der Waals surface area (Å²) in [5.74, 6) is 1.62. The van der Waals surface area contributed by atoms with E-state index in [1.807, 2.05) is 66.7 Å². The normalized spacial score (nSPS) is 10.5. The van der Waals surface area contributed by atoms with Crippen LogP contribution in [-0.2, 0) is 16.1 Å². The van der Waals surface area contributed by atoms with Crippen molar-refractivity contribution in [1.82, 2.24) is 0 Å². The summed E-state index contributed by atoms with van der Waals surface area (Å²) in [6, 6.07) is 25.8. The molecule has 0 radical (unpaired) electrons. The quantitative estimate of drug-likeness (QED) is 0.431. The predicted molar refractivity (Wildman–Crippen MR) is 119 cm³/mol. The van der Waals surface area contributed by atoms with E-state index in [1.165, 1.54) is 10.8 Å². The van der Waals surface area contributed by atoms with E-state index < -0.39 is 0 Å². The van der Waals surface area contributed by atoms with E-state index in [4.69, 9.17) is 24.1 Å². The molecule has 0 fully saturated rings. The Hall–Kier alpha value is -3.12. The maximum absolute atomic E-state index is 9.03. The highest BCUT2D eigenvalue weighted by Gasteiger charge is 1.99. The molecular formula is C25H26O5. The molecule has 4 aromatic carbocycles. The van der Waals surface area contributed by atoms with Crippen LogP contribution in [0.3, 0.4) is 0 Å². The summed E-state index contributed by atoms with van der Waals surface area (Å²) in [6.07, 6.45) is 0. The molecule has 0 heterocycles. The first-order valence-electron chi connectivity index (χ1n) is 9.59. The SMILES string of the molecule is COCOc1ccc2cc(CO)ccc2c1.COCOc1ccc2ccccc2c1. The lowest BCUT2D eigenvalue weighted by Gasteiger charge is -2.06. The molecule has 0 spiro atoms. The van der Waals surface area contributed by atoms with E-state index in [9.17, 15) is 0 Å². The fourth-order valence-corrected chi connectivity index (χ4v) is 2.97. The van der Waals surface area contributed by atoms with Crippen LogP contribution in [0, 0.1) is 0 Å². The van der Waals surface area contributed by atoms with Gasteiger partial charge in [-0.15, -0.1) is 0 Å². The van der Waals surface area contributed by atoms with Gasteiger partial charge in [-0.3, -0.25) is 0 Å². The fourth-order valence-electron chi connectivity index (χ4n) is 2.97. The number of ether oxygens (including phenoxy) is 4. The molecule has 5 heteroatoms. The lowest BCUT2D eigenvalue weighted by Crippen LogP contribution is -1.98. The highest BCUT2D eigenvalue weighted by atomic mass is 16.7. The topological polar surface area (TPSA) is 57.2 Å². The van der Waals surface area contributed by atoms with Gasteiger partial charge in [0, 0.05) is 14.2 Å². The molecule has 0 amide bonds. The van der Waals surface area contributed by atoms with Crippen LogP contribution in [0.2, 0.25) is 0 Å². The minimum Gasteiger partial charge on any atom is -0.468 e. The Morgan fingerprint density at radius 1 is 0.600 bits per heavy atom. The van der Waals surface area contributed by atoms with Gasteiger partial charge in [0.1, 0.15) is 11.5 Å². The molecule has 0 atom stereocenters. The molecule has 4 rings (SSSR count). The van der Waals surface area contributed by atoms with Gasteiger partial charge in [0.25, 0.3) is 0 Å². The Morgan fingerprint density at radius 3 is 1.70 bits per heavy atom. The number of fused-ring (bicyclic) bond motifs is 2. The van der Waals surface area contributed by atoms with Crippen molar-refractivity contribution in [2.24, 2.45) is 0 Å². The van der Waals surface area contributed by atoms with Crippen molar-refractivity contribution in [2.45, 2.75) is 6.61 Å². The van der Waals surface area contributed by atoms with Gasteiger partial charge < -0.3 is 24.1 Å². The first-order valence-corrected chi connectivity index (χ1v) is 9.59. The van der Waals surface area contributed by atoms with Crippen LogP contribution in [0.5, 0.6) is 11.5 Å². The van der Waals surface area contributed by atoms with Gasteiger partial charge in [0.2, 0.25) is 0 Å². The maximum atomic E-state index is 9.03. The molecule has 0 aliphatic carbocycles. The standard InChI is InChI=1S/C13H14O3.C12H12O2/c1-15-9-16-13-5-4-11-6-10(8-14)2-3-12(11)7-13;1-13-9-14-12-7-6-10-4-2-3-5-11(10)8-12/h2-7,14H,8-9H2,1H3;2-8H,9H2,1H3. The summed E-state index contributed by atoms with van der Waals surface area (Å²) in [7, 11) is 3.20. The first kappa shape index (κ1) is 21.6. The minimum absolute atomic E-state index is 0.0673. The maximum Gasteiger partial charge on any atom is 0.188 e. The Balaban J connectivity index is 0.000000172. The zero-order valence-corrected chi connectivity index (χ0v) is 17.2. The second-order valence-electron chi connectivity index (χ2n) is 6.61.